The first-order valence-electron chi connectivity index (χ1n) is 8.00. The van der Waals surface area contributed by atoms with E-state index in [0.717, 1.165) is 11.5 Å². The minimum Gasteiger partial charge on any atom is -0.434 e. The highest BCUT2D eigenvalue weighted by atomic mass is 19.3. The van der Waals surface area contributed by atoms with Crippen LogP contribution in [0.1, 0.15) is 21.8 Å². The zero-order chi connectivity index (χ0) is 17.8. The van der Waals surface area contributed by atoms with E-state index in [1.54, 1.807) is 17.0 Å². The summed E-state index contributed by atoms with van der Waals surface area (Å²) in [7, 11) is 0. The fourth-order valence-corrected chi connectivity index (χ4v) is 2.84. The molecule has 1 amide bonds. The summed E-state index contributed by atoms with van der Waals surface area (Å²) >= 11 is 0. The maximum absolute atomic E-state index is 12.6. The number of hydrogen-bond acceptors (Lipinski definition) is 5. The molecule has 1 aliphatic heterocycles. The normalized spacial score (nSPS) is 15.6. The number of nitrogens with zero attached hydrogens (tertiary/aromatic N) is 3. The molecule has 1 aliphatic rings. The number of benzene rings is 1. The number of alkyl halides is 2. The van der Waals surface area contributed by atoms with Crippen LogP contribution in [0.2, 0.25) is 0 Å². The van der Waals surface area contributed by atoms with Gasteiger partial charge in [-0.25, -0.2) is 0 Å². The average Bonchev–Trinajstić information content (AvgIpc) is 3.00. The molecule has 1 aromatic carbocycles. The predicted molar refractivity (Wildman–Crippen MR) is 85.5 cm³/mol. The van der Waals surface area contributed by atoms with Crippen LogP contribution < -0.4 is 4.74 Å². The Morgan fingerprint density at radius 1 is 1.28 bits per heavy atom. The smallest absolute Gasteiger partial charge is 0.387 e. The Bertz CT molecular complexity index is 727. The van der Waals surface area contributed by atoms with E-state index >= 15 is 0 Å². The zero-order valence-corrected chi connectivity index (χ0v) is 13.8. The van der Waals surface area contributed by atoms with Gasteiger partial charge >= 0.3 is 6.61 Å². The van der Waals surface area contributed by atoms with Crippen LogP contribution in [0.15, 0.2) is 34.9 Å². The Morgan fingerprint density at radius 3 is 2.64 bits per heavy atom. The molecule has 0 N–H and O–H groups in total. The Balaban J connectivity index is 1.60. The molecule has 0 bridgehead atoms. The van der Waals surface area contributed by atoms with Gasteiger partial charge in [-0.2, -0.15) is 8.78 Å². The van der Waals surface area contributed by atoms with E-state index in [9.17, 15) is 13.6 Å². The largest absolute Gasteiger partial charge is 0.434 e. The number of aryl methyl sites for hydroxylation is 1. The standard InChI is InChI=1S/C17H19F2N3O3/c1-12-10-13(20-25-12)11-21-6-8-22(9-7-21)16(23)14-4-2-3-5-15(14)24-17(18)19/h2-5,10,17H,6-9,11H2,1H3. The molecule has 0 aliphatic carbocycles. The van der Waals surface area contributed by atoms with Gasteiger partial charge in [0.1, 0.15) is 11.5 Å². The van der Waals surface area contributed by atoms with Crippen molar-refractivity contribution in [2.45, 2.75) is 20.1 Å². The van der Waals surface area contributed by atoms with Crippen LogP contribution in [0.25, 0.3) is 0 Å². The van der Waals surface area contributed by atoms with Gasteiger partial charge in [0.15, 0.2) is 0 Å². The highest BCUT2D eigenvalue weighted by Gasteiger charge is 2.25. The van der Waals surface area contributed by atoms with Crippen LogP contribution in [0.4, 0.5) is 8.78 Å². The number of ether oxygens (including phenoxy) is 1. The molecule has 1 aromatic heterocycles. The number of rotatable bonds is 5. The SMILES string of the molecule is Cc1cc(CN2CCN(C(=O)c3ccccc3OC(F)F)CC2)no1. The fourth-order valence-electron chi connectivity index (χ4n) is 2.84. The topological polar surface area (TPSA) is 58.8 Å². The summed E-state index contributed by atoms with van der Waals surface area (Å²) in [5.74, 6) is 0.371. The first-order chi connectivity index (χ1) is 12.0. The number of carbonyl (C=O) groups excluding carboxylic acids is 1. The van der Waals surface area contributed by atoms with Gasteiger partial charge in [-0.1, -0.05) is 17.3 Å². The van der Waals surface area contributed by atoms with Crippen molar-refractivity contribution in [3.05, 3.63) is 47.3 Å². The summed E-state index contributed by atoms with van der Waals surface area (Å²) in [4.78, 5) is 16.4. The maximum atomic E-state index is 12.6. The van der Waals surface area contributed by atoms with E-state index in [1.165, 1.54) is 12.1 Å². The molecule has 0 radical (unpaired) electrons. The molecule has 6 nitrogen and oxygen atoms in total. The summed E-state index contributed by atoms with van der Waals surface area (Å²) in [6.45, 7) is 1.91. The van der Waals surface area contributed by atoms with Gasteiger partial charge in [-0.3, -0.25) is 9.69 Å². The molecule has 0 spiro atoms. The number of aromatic nitrogens is 1. The summed E-state index contributed by atoms with van der Waals surface area (Å²) in [5, 5.41) is 3.97. The third kappa shape index (κ3) is 4.33. The van der Waals surface area contributed by atoms with Crippen LogP contribution in [0.5, 0.6) is 5.75 Å². The lowest BCUT2D eigenvalue weighted by atomic mass is 10.1. The van der Waals surface area contributed by atoms with E-state index in [2.05, 4.69) is 14.8 Å². The van der Waals surface area contributed by atoms with Crippen LogP contribution in [-0.2, 0) is 6.54 Å². The van der Waals surface area contributed by atoms with E-state index in [-0.39, 0.29) is 17.2 Å². The first kappa shape index (κ1) is 17.3. The molecular formula is C17H19F2N3O3. The molecule has 1 saturated heterocycles. The second-order valence-electron chi connectivity index (χ2n) is 5.87. The van der Waals surface area contributed by atoms with Crippen molar-refractivity contribution >= 4 is 5.91 Å². The monoisotopic (exact) mass is 351 g/mol. The van der Waals surface area contributed by atoms with Crippen molar-refractivity contribution < 1.29 is 22.8 Å². The molecule has 0 atom stereocenters. The van der Waals surface area contributed by atoms with Gasteiger partial charge in [0.05, 0.1) is 11.3 Å². The highest BCUT2D eigenvalue weighted by molar-refractivity contribution is 5.97. The fraction of sp³-hybridized carbons (Fsp3) is 0.412. The molecule has 2 heterocycles. The van der Waals surface area contributed by atoms with Crippen LogP contribution in [0.3, 0.4) is 0 Å². The lowest BCUT2D eigenvalue weighted by Crippen LogP contribution is -2.48. The Morgan fingerprint density at radius 2 is 2.00 bits per heavy atom. The quantitative estimate of drug-likeness (QED) is 0.829. The minimum atomic E-state index is -2.96. The molecule has 0 unspecified atom stereocenters. The number of halogens is 2. The van der Waals surface area contributed by atoms with Gasteiger partial charge in [-0.05, 0) is 19.1 Å². The molecule has 0 saturated carbocycles. The lowest BCUT2D eigenvalue weighted by molar-refractivity contribution is -0.0503. The second kappa shape index (κ2) is 7.60. The zero-order valence-electron chi connectivity index (χ0n) is 13.8. The molecule has 134 valence electrons. The van der Waals surface area contributed by atoms with E-state index in [4.69, 9.17) is 4.52 Å². The van der Waals surface area contributed by atoms with Crippen molar-refractivity contribution in [3.8, 4) is 5.75 Å². The second-order valence-corrected chi connectivity index (χ2v) is 5.87. The minimum absolute atomic E-state index is 0.0944. The molecule has 8 heteroatoms. The van der Waals surface area contributed by atoms with Crippen LogP contribution in [0, 0.1) is 6.92 Å². The number of piperazine rings is 1. The van der Waals surface area contributed by atoms with Crippen molar-refractivity contribution in [2.75, 3.05) is 26.2 Å². The third-order valence-corrected chi connectivity index (χ3v) is 4.06. The Labute approximate surface area is 143 Å². The molecule has 2 aromatic rings. The predicted octanol–water partition coefficient (Wildman–Crippen LogP) is 2.54. The molecule has 25 heavy (non-hydrogen) atoms. The summed E-state index contributed by atoms with van der Waals surface area (Å²) in [6.07, 6.45) is 0. The van der Waals surface area contributed by atoms with E-state index in [1.807, 2.05) is 13.0 Å². The van der Waals surface area contributed by atoms with Crippen molar-refractivity contribution in [1.29, 1.82) is 0 Å². The number of carbonyl (C=O) groups is 1. The van der Waals surface area contributed by atoms with Crippen molar-refractivity contribution in [3.63, 3.8) is 0 Å². The summed E-state index contributed by atoms with van der Waals surface area (Å²) in [6, 6.07) is 7.96. The molecular weight excluding hydrogens is 332 g/mol. The van der Waals surface area contributed by atoms with Gasteiger partial charge in [0, 0.05) is 38.8 Å². The molecule has 1 fully saturated rings. The van der Waals surface area contributed by atoms with Crippen LogP contribution >= 0.6 is 0 Å². The van der Waals surface area contributed by atoms with Gasteiger partial charge in [-0.15, -0.1) is 0 Å². The lowest BCUT2D eigenvalue weighted by Gasteiger charge is -2.34. The number of hydrogen-bond donors (Lipinski definition) is 0. The average molecular weight is 351 g/mol. The first-order valence-corrected chi connectivity index (χ1v) is 8.00. The number of para-hydroxylation sites is 1. The number of amides is 1. The van der Waals surface area contributed by atoms with Gasteiger partial charge in [0.25, 0.3) is 5.91 Å². The summed E-state index contributed by atoms with van der Waals surface area (Å²) < 4.78 is 34.5. The third-order valence-electron chi connectivity index (χ3n) is 4.06. The van der Waals surface area contributed by atoms with Crippen molar-refractivity contribution in [2.24, 2.45) is 0 Å². The van der Waals surface area contributed by atoms with E-state index in [0.29, 0.717) is 32.7 Å². The Hall–Kier alpha value is -2.48. The van der Waals surface area contributed by atoms with Crippen LogP contribution in [-0.4, -0.2) is 53.7 Å². The Kier molecular flexibility index (Phi) is 5.28. The van der Waals surface area contributed by atoms with E-state index < -0.39 is 6.61 Å². The van der Waals surface area contributed by atoms with Crippen molar-refractivity contribution in [1.82, 2.24) is 15.0 Å². The van der Waals surface area contributed by atoms with Gasteiger partial charge < -0.3 is 14.2 Å². The van der Waals surface area contributed by atoms with Gasteiger partial charge in [0.2, 0.25) is 0 Å². The summed E-state index contributed by atoms with van der Waals surface area (Å²) in [5.41, 5.74) is 1.01. The highest BCUT2D eigenvalue weighted by Crippen LogP contribution is 2.22. The maximum Gasteiger partial charge on any atom is 0.387 e. The molecule has 3 rings (SSSR count).